The molecular weight excluding hydrogens is 318 g/mol. The van der Waals surface area contributed by atoms with Crippen LogP contribution in [-0.4, -0.2) is 52.6 Å². The van der Waals surface area contributed by atoms with Gasteiger partial charge in [-0.05, 0) is 11.6 Å². The lowest BCUT2D eigenvalue weighted by molar-refractivity contribution is -0.134. The lowest BCUT2D eigenvalue weighted by Gasteiger charge is -2.34. The number of aromatic amines is 1. The minimum Gasteiger partial charge on any atom is -0.356 e. The molecule has 7 heteroatoms. The van der Waals surface area contributed by atoms with Crippen molar-refractivity contribution in [3.8, 4) is 0 Å². The summed E-state index contributed by atoms with van der Waals surface area (Å²) in [5.41, 5.74) is 2.11. The third-order valence-electron chi connectivity index (χ3n) is 4.32. The first-order valence-corrected chi connectivity index (χ1v) is 8.53. The van der Waals surface area contributed by atoms with E-state index in [1.165, 1.54) is 0 Å². The van der Waals surface area contributed by atoms with Crippen molar-refractivity contribution in [1.29, 1.82) is 0 Å². The van der Waals surface area contributed by atoms with Gasteiger partial charge in [0.25, 0.3) is 0 Å². The van der Waals surface area contributed by atoms with Crippen LogP contribution in [-0.2, 0) is 22.6 Å². The summed E-state index contributed by atoms with van der Waals surface area (Å²) in [4.78, 5) is 26.6. The zero-order valence-corrected chi connectivity index (χ0v) is 14.1. The quantitative estimate of drug-likeness (QED) is 0.682. The summed E-state index contributed by atoms with van der Waals surface area (Å²) in [5.74, 6) is -0.189. The maximum absolute atomic E-state index is 12.2. The van der Waals surface area contributed by atoms with E-state index in [0.717, 1.165) is 17.8 Å². The van der Waals surface area contributed by atoms with Crippen LogP contribution in [0, 0.1) is 0 Å². The zero-order chi connectivity index (χ0) is 17.5. The second-order valence-corrected chi connectivity index (χ2v) is 6.15. The molecule has 1 aliphatic rings. The van der Waals surface area contributed by atoms with Crippen molar-refractivity contribution in [2.24, 2.45) is 0 Å². The number of hydrogen-bond donors (Lipinski definition) is 3. The minimum atomic E-state index is -0.430. The van der Waals surface area contributed by atoms with Gasteiger partial charge in [-0.15, -0.1) is 0 Å². The Hall–Kier alpha value is -2.67. The first-order valence-electron chi connectivity index (χ1n) is 8.53. The third kappa shape index (κ3) is 4.90. The Kier molecular flexibility index (Phi) is 5.79. The highest BCUT2D eigenvalue weighted by molar-refractivity contribution is 5.88. The summed E-state index contributed by atoms with van der Waals surface area (Å²) in [6.07, 6.45) is 2.54. The van der Waals surface area contributed by atoms with E-state index in [0.29, 0.717) is 26.1 Å². The largest absolute Gasteiger partial charge is 0.356 e. The van der Waals surface area contributed by atoms with Gasteiger partial charge in [0, 0.05) is 44.5 Å². The van der Waals surface area contributed by atoms with Gasteiger partial charge in [0.2, 0.25) is 11.8 Å². The molecule has 0 spiro atoms. The Balaban J connectivity index is 1.53. The molecule has 25 heavy (non-hydrogen) atoms. The lowest BCUT2D eigenvalue weighted by Crippen LogP contribution is -2.56. The highest BCUT2D eigenvalue weighted by atomic mass is 16.2. The van der Waals surface area contributed by atoms with Crippen molar-refractivity contribution in [3.05, 3.63) is 53.9 Å². The summed E-state index contributed by atoms with van der Waals surface area (Å²) < 4.78 is 0. The van der Waals surface area contributed by atoms with E-state index >= 15 is 0 Å². The van der Waals surface area contributed by atoms with Crippen LogP contribution in [0.15, 0.2) is 42.6 Å². The highest BCUT2D eigenvalue weighted by Crippen LogP contribution is 2.13. The number of aromatic nitrogens is 2. The van der Waals surface area contributed by atoms with E-state index in [-0.39, 0.29) is 18.2 Å². The van der Waals surface area contributed by atoms with Gasteiger partial charge in [-0.3, -0.25) is 19.6 Å². The van der Waals surface area contributed by atoms with Crippen molar-refractivity contribution in [2.75, 3.05) is 19.6 Å². The number of nitrogens with one attached hydrogen (secondary N) is 3. The molecule has 1 aromatic carbocycles. The Labute approximate surface area is 146 Å². The summed E-state index contributed by atoms with van der Waals surface area (Å²) in [6, 6.07) is 11.5. The van der Waals surface area contributed by atoms with Crippen molar-refractivity contribution >= 4 is 11.8 Å². The smallest absolute Gasteiger partial charge is 0.237 e. The fourth-order valence-corrected chi connectivity index (χ4v) is 3.00. The Morgan fingerprint density at radius 3 is 2.88 bits per heavy atom. The predicted octanol–water partition coefficient (Wildman–Crippen LogP) is 0.459. The molecule has 0 unspecified atom stereocenters. The van der Waals surface area contributed by atoms with Crippen LogP contribution < -0.4 is 10.6 Å². The maximum atomic E-state index is 12.2. The molecule has 0 aliphatic carbocycles. The molecule has 132 valence electrons. The van der Waals surface area contributed by atoms with Crippen LogP contribution in [0.1, 0.15) is 17.7 Å². The van der Waals surface area contributed by atoms with Crippen LogP contribution in [0.25, 0.3) is 0 Å². The molecule has 7 nitrogen and oxygen atoms in total. The van der Waals surface area contributed by atoms with Gasteiger partial charge in [0.1, 0.15) is 0 Å². The molecule has 1 saturated heterocycles. The van der Waals surface area contributed by atoms with Crippen LogP contribution in [0.2, 0.25) is 0 Å². The fourth-order valence-electron chi connectivity index (χ4n) is 3.00. The Morgan fingerprint density at radius 2 is 2.12 bits per heavy atom. The Bertz CT molecular complexity index is 687. The van der Waals surface area contributed by atoms with Gasteiger partial charge in [0.05, 0.1) is 12.5 Å². The van der Waals surface area contributed by atoms with Gasteiger partial charge in [-0.2, -0.15) is 5.10 Å². The van der Waals surface area contributed by atoms with Crippen LogP contribution in [0.3, 0.4) is 0 Å². The molecule has 1 aliphatic heterocycles. The number of carbonyl (C=O) groups is 2. The average Bonchev–Trinajstić information content (AvgIpc) is 3.12. The van der Waals surface area contributed by atoms with Crippen molar-refractivity contribution in [3.63, 3.8) is 0 Å². The SMILES string of the molecule is O=C(C[C@H]1C(=O)NCCN1Cc1ccccc1)NCCc1ccn[nH]1. The molecule has 1 aromatic heterocycles. The monoisotopic (exact) mass is 341 g/mol. The van der Waals surface area contributed by atoms with E-state index in [1.54, 1.807) is 6.20 Å². The molecule has 0 saturated carbocycles. The first-order chi connectivity index (χ1) is 12.2. The molecule has 2 aromatic rings. The number of nitrogens with zero attached hydrogens (tertiary/aromatic N) is 2. The predicted molar refractivity (Wildman–Crippen MR) is 93.6 cm³/mol. The standard InChI is InChI=1S/C18H23N5O2/c24-17(19-8-6-15-7-9-21-22-15)12-16-18(25)20-10-11-23(16)13-14-4-2-1-3-5-14/h1-5,7,9,16H,6,8,10-13H2,(H,19,24)(H,20,25)(H,21,22)/t16-/m0/s1. The number of amides is 2. The summed E-state index contributed by atoms with van der Waals surface area (Å²) in [7, 11) is 0. The number of carbonyl (C=O) groups excluding carboxylic acids is 2. The zero-order valence-electron chi connectivity index (χ0n) is 14.1. The van der Waals surface area contributed by atoms with Gasteiger partial charge in [-0.25, -0.2) is 0 Å². The van der Waals surface area contributed by atoms with E-state index < -0.39 is 6.04 Å². The first kappa shape index (κ1) is 17.2. The molecule has 1 fully saturated rings. The van der Waals surface area contributed by atoms with Gasteiger partial charge in [0.15, 0.2) is 0 Å². The fraction of sp³-hybridized carbons (Fsp3) is 0.389. The van der Waals surface area contributed by atoms with Gasteiger partial charge >= 0.3 is 0 Å². The molecular formula is C18H23N5O2. The molecule has 0 bridgehead atoms. The van der Waals surface area contributed by atoms with Crippen LogP contribution in [0.4, 0.5) is 0 Å². The minimum absolute atomic E-state index is 0.0779. The van der Waals surface area contributed by atoms with Gasteiger partial charge < -0.3 is 10.6 Å². The van der Waals surface area contributed by atoms with E-state index in [1.807, 2.05) is 36.4 Å². The van der Waals surface area contributed by atoms with Crippen molar-refractivity contribution in [2.45, 2.75) is 25.4 Å². The molecule has 0 radical (unpaired) electrons. The van der Waals surface area contributed by atoms with E-state index in [4.69, 9.17) is 0 Å². The van der Waals surface area contributed by atoms with Gasteiger partial charge in [-0.1, -0.05) is 30.3 Å². The van der Waals surface area contributed by atoms with Crippen molar-refractivity contribution < 1.29 is 9.59 Å². The second kappa shape index (κ2) is 8.43. The number of piperazine rings is 1. The summed E-state index contributed by atoms with van der Waals surface area (Å²) in [6.45, 7) is 2.55. The van der Waals surface area contributed by atoms with Crippen LogP contribution in [0.5, 0.6) is 0 Å². The Morgan fingerprint density at radius 1 is 1.28 bits per heavy atom. The molecule has 2 amide bonds. The highest BCUT2D eigenvalue weighted by Gasteiger charge is 2.31. The average molecular weight is 341 g/mol. The second-order valence-electron chi connectivity index (χ2n) is 6.15. The maximum Gasteiger partial charge on any atom is 0.237 e. The number of benzene rings is 1. The number of H-pyrrole nitrogens is 1. The number of hydrogen-bond acceptors (Lipinski definition) is 4. The summed E-state index contributed by atoms with van der Waals surface area (Å²) in [5, 5.41) is 12.5. The van der Waals surface area contributed by atoms with E-state index in [2.05, 4.69) is 25.7 Å². The molecule has 1 atom stereocenters. The van der Waals surface area contributed by atoms with E-state index in [9.17, 15) is 9.59 Å². The summed E-state index contributed by atoms with van der Waals surface area (Å²) >= 11 is 0. The topological polar surface area (TPSA) is 90.1 Å². The lowest BCUT2D eigenvalue weighted by atomic mass is 10.1. The van der Waals surface area contributed by atoms with Crippen molar-refractivity contribution in [1.82, 2.24) is 25.7 Å². The normalized spacial score (nSPS) is 17.9. The third-order valence-corrected chi connectivity index (χ3v) is 4.32. The molecule has 3 rings (SSSR count). The molecule has 2 heterocycles. The molecule has 3 N–H and O–H groups in total. The number of rotatable bonds is 7. The van der Waals surface area contributed by atoms with Crippen LogP contribution >= 0.6 is 0 Å².